The molecule has 1 N–H and O–H groups in total. The second-order valence-corrected chi connectivity index (χ2v) is 6.15. The molecule has 0 saturated heterocycles. The number of carbonyl (C=O) groups is 2. The predicted octanol–water partition coefficient (Wildman–Crippen LogP) is 3.69. The molecule has 0 heterocycles. The maximum Gasteiger partial charge on any atom is 0.265 e. The first-order valence-corrected chi connectivity index (χ1v) is 8.17. The van der Waals surface area contributed by atoms with Gasteiger partial charge in [0.15, 0.2) is 6.10 Å². The molecule has 0 aromatic heterocycles. The van der Waals surface area contributed by atoms with E-state index in [9.17, 15) is 9.59 Å². The van der Waals surface area contributed by atoms with Crippen molar-refractivity contribution in [1.82, 2.24) is 0 Å². The van der Waals surface area contributed by atoms with Gasteiger partial charge in [0.05, 0.1) is 0 Å². The minimum atomic E-state index is -0.644. The van der Waals surface area contributed by atoms with Gasteiger partial charge in [-0.25, -0.2) is 0 Å². The maximum absolute atomic E-state index is 12.4. The highest BCUT2D eigenvalue weighted by Crippen LogP contribution is 2.22. The summed E-state index contributed by atoms with van der Waals surface area (Å²) < 4.78 is 5.80. The van der Waals surface area contributed by atoms with Crippen LogP contribution in [0.15, 0.2) is 42.5 Å². The summed E-state index contributed by atoms with van der Waals surface area (Å²) in [7, 11) is 1.69. The van der Waals surface area contributed by atoms with E-state index in [1.807, 2.05) is 38.1 Å². The molecule has 0 spiro atoms. The average Bonchev–Trinajstić information content (AvgIpc) is 2.57. The Kier molecular flexibility index (Phi) is 5.80. The Bertz CT molecular complexity index is 786. The lowest BCUT2D eigenvalue weighted by Crippen LogP contribution is -2.30. The number of hydrogen-bond acceptors (Lipinski definition) is 3. The lowest BCUT2D eigenvalue weighted by atomic mass is 10.1. The second kappa shape index (κ2) is 7.83. The molecule has 1 unspecified atom stereocenters. The number of benzene rings is 2. The van der Waals surface area contributed by atoms with Crippen molar-refractivity contribution < 1.29 is 14.3 Å². The van der Waals surface area contributed by atoms with Crippen molar-refractivity contribution >= 4 is 23.2 Å². The summed E-state index contributed by atoms with van der Waals surface area (Å²) in [5.74, 6) is 0.381. The molecule has 5 nitrogen and oxygen atoms in total. The molecule has 0 bridgehead atoms. The molecule has 0 saturated carbocycles. The third-order valence-electron chi connectivity index (χ3n) is 3.99. The van der Waals surface area contributed by atoms with E-state index < -0.39 is 6.10 Å². The zero-order valence-corrected chi connectivity index (χ0v) is 15.3. The molecular formula is C20H24N2O3. The Hall–Kier alpha value is -2.82. The van der Waals surface area contributed by atoms with Crippen LogP contribution in [0.5, 0.6) is 5.75 Å². The summed E-state index contributed by atoms with van der Waals surface area (Å²) in [4.78, 5) is 25.4. The average molecular weight is 340 g/mol. The molecule has 0 fully saturated rings. The molecule has 132 valence electrons. The van der Waals surface area contributed by atoms with Crippen molar-refractivity contribution in [3.63, 3.8) is 0 Å². The van der Waals surface area contributed by atoms with E-state index in [2.05, 4.69) is 5.32 Å². The van der Waals surface area contributed by atoms with Crippen LogP contribution in [0.25, 0.3) is 0 Å². The first-order chi connectivity index (χ1) is 11.8. The zero-order chi connectivity index (χ0) is 18.6. The summed E-state index contributed by atoms with van der Waals surface area (Å²) in [6.07, 6.45) is -0.644. The normalized spacial score (nSPS) is 11.6. The number of ether oxygens (including phenoxy) is 1. The van der Waals surface area contributed by atoms with Crippen LogP contribution in [0.1, 0.15) is 25.0 Å². The van der Waals surface area contributed by atoms with Crippen molar-refractivity contribution in [2.24, 2.45) is 0 Å². The molecular weight excluding hydrogens is 316 g/mol. The Balaban J connectivity index is 2.07. The Labute approximate surface area is 148 Å². The number of rotatable bonds is 5. The van der Waals surface area contributed by atoms with Crippen LogP contribution < -0.4 is 15.0 Å². The molecule has 2 amide bonds. The summed E-state index contributed by atoms with van der Waals surface area (Å²) in [5.41, 5.74) is 3.39. The van der Waals surface area contributed by atoms with Crippen molar-refractivity contribution in [2.75, 3.05) is 17.3 Å². The quantitative estimate of drug-likeness (QED) is 0.903. The van der Waals surface area contributed by atoms with Crippen molar-refractivity contribution in [1.29, 1.82) is 0 Å². The second-order valence-electron chi connectivity index (χ2n) is 6.15. The van der Waals surface area contributed by atoms with E-state index in [-0.39, 0.29) is 11.8 Å². The van der Waals surface area contributed by atoms with Gasteiger partial charge < -0.3 is 15.0 Å². The standard InChI is InChI=1S/C20H24N2O3/c1-13-9-10-14(2)19(11-13)25-15(3)20(24)21-17-7-6-8-18(12-17)22(5)16(4)23/h6-12,15H,1-5H3,(H,21,24). The molecule has 5 heteroatoms. The highest BCUT2D eigenvalue weighted by molar-refractivity contribution is 5.96. The number of anilines is 2. The van der Waals surface area contributed by atoms with E-state index in [0.29, 0.717) is 17.1 Å². The van der Waals surface area contributed by atoms with Gasteiger partial charge in [-0.2, -0.15) is 0 Å². The third-order valence-corrected chi connectivity index (χ3v) is 3.99. The maximum atomic E-state index is 12.4. The Morgan fingerprint density at radius 3 is 2.52 bits per heavy atom. The Morgan fingerprint density at radius 2 is 1.84 bits per heavy atom. The van der Waals surface area contributed by atoms with Crippen molar-refractivity contribution in [3.05, 3.63) is 53.6 Å². The molecule has 2 aromatic carbocycles. The molecule has 1 atom stereocenters. The zero-order valence-electron chi connectivity index (χ0n) is 15.3. The number of amides is 2. The number of hydrogen-bond donors (Lipinski definition) is 1. The number of aryl methyl sites for hydroxylation is 2. The monoisotopic (exact) mass is 340 g/mol. The topological polar surface area (TPSA) is 58.6 Å². The summed E-state index contributed by atoms with van der Waals surface area (Å²) >= 11 is 0. The SMILES string of the molecule is CC(=O)N(C)c1cccc(NC(=O)C(C)Oc2cc(C)ccc2C)c1. The van der Waals surface area contributed by atoms with E-state index in [1.165, 1.54) is 11.8 Å². The number of carbonyl (C=O) groups excluding carboxylic acids is 2. The molecule has 0 aliphatic carbocycles. The minimum absolute atomic E-state index is 0.0740. The van der Waals surface area contributed by atoms with Crippen LogP contribution in [-0.4, -0.2) is 25.0 Å². The number of nitrogens with one attached hydrogen (secondary N) is 1. The van der Waals surface area contributed by atoms with Gasteiger partial charge in [0.25, 0.3) is 5.91 Å². The van der Waals surface area contributed by atoms with Crippen molar-refractivity contribution in [3.8, 4) is 5.75 Å². The van der Waals surface area contributed by atoms with Crippen LogP contribution in [0.2, 0.25) is 0 Å². The minimum Gasteiger partial charge on any atom is -0.481 e. The summed E-state index contributed by atoms with van der Waals surface area (Å²) in [6.45, 7) is 7.13. The first-order valence-electron chi connectivity index (χ1n) is 8.17. The van der Waals surface area contributed by atoms with Gasteiger partial charge >= 0.3 is 0 Å². The fourth-order valence-electron chi connectivity index (χ4n) is 2.30. The molecule has 2 rings (SSSR count). The summed E-state index contributed by atoms with van der Waals surface area (Å²) in [6, 6.07) is 13.0. The van der Waals surface area contributed by atoms with E-state index in [4.69, 9.17) is 4.74 Å². The highest BCUT2D eigenvalue weighted by atomic mass is 16.5. The predicted molar refractivity (Wildman–Crippen MR) is 100 cm³/mol. The van der Waals surface area contributed by atoms with E-state index >= 15 is 0 Å². The van der Waals surface area contributed by atoms with Crippen molar-refractivity contribution in [2.45, 2.75) is 33.8 Å². The molecule has 0 radical (unpaired) electrons. The first kappa shape index (κ1) is 18.5. The lowest BCUT2D eigenvalue weighted by molar-refractivity contribution is -0.122. The van der Waals surface area contributed by atoms with E-state index in [1.54, 1.807) is 32.2 Å². The van der Waals surface area contributed by atoms with Crippen LogP contribution in [-0.2, 0) is 9.59 Å². The van der Waals surface area contributed by atoms with E-state index in [0.717, 1.165) is 11.1 Å². The molecule has 25 heavy (non-hydrogen) atoms. The number of nitrogens with zero attached hydrogens (tertiary/aromatic N) is 1. The van der Waals surface area contributed by atoms with Gasteiger partial charge in [-0.15, -0.1) is 0 Å². The lowest BCUT2D eigenvalue weighted by Gasteiger charge is -2.18. The third kappa shape index (κ3) is 4.83. The van der Waals surface area contributed by atoms with Crippen LogP contribution in [0, 0.1) is 13.8 Å². The van der Waals surface area contributed by atoms with Gasteiger partial charge in [0.2, 0.25) is 5.91 Å². The van der Waals surface area contributed by atoms with Gasteiger partial charge in [-0.3, -0.25) is 9.59 Å². The molecule has 0 aliphatic rings. The van der Waals surface area contributed by atoms with Crippen LogP contribution >= 0.6 is 0 Å². The van der Waals surface area contributed by atoms with Gasteiger partial charge in [-0.05, 0) is 56.2 Å². The van der Waals surface area contributed by atoms with Gasteiger partial charge in [0.1, 0.15) is 5.75 Å². The van der Waals surface area contributed by atoms with Gasteiger partial charge in [-0.1, -0.05) is 18.2 Å². The Morgan fingerprint density at radius 1 is 1.12 bits per heavy atom. The van der Waals surface area contributed by atoms with Gasteiger partial charge in [0, 0.05) is 25.3 Å². The smallest absolute Gasteiger partial charge is 0.265 e. The fraction of sp³-hybridized carbons (Fsp3) is 0.300. The van der Waals surface area contributed by atoms with Crippen LogP contribution in [0.3, 0.4) is 0 Å². The largest absolute Gasteiger partial charge is 0.481 e. The summed E-state index contributed by atoms with van der Waals surface area (Å²) in [5, 5.41) is 2.83. The molecule has 2 aromatic rings. The molecule has 0 aliphatic heterocycles. The fourth-order valence-corrected chi connectivity index (χ4v) is 2.30. The highest BCUT2D eigenvalue weighted by Gasteiger charge is 2.16. The van der Waals surface area contributed by atoms with Crippen LogP contribution in [0.4, 0.5) is 11.4 Å².